The molecule has 1 fully saturated rings. The number of halogens is 1. The molecule has 1 aromatic carbocycles. The summed E-state index contributed by atoms with van der Waals surface area (Å²) in [6.45, 7) is 0. The maximum absolute atomic E-state index is 11.8. The second kappa shape index (κ2) is 6.16. The van der Waals surface area contributed by atoms with Gasteiger partial charge in [-0.2, -0.15) is 11.8 Å². The van der Waals surface area contributed by atoms with E-state index in [9.17, 15) is 9.59 Å². The van der Waals surface area contributed by atoms with Gasteiger partial charge in [0.2, 0.25) is 0 Å². The second-order valence-corrected chi connectivity index (χ2v) is 5.74. The van der Waals surface area contributed by atoms with Gasteiger partial charge in [-0.1, -0.05) is 11.6 Å². The fourth-order valence-corrected chi connectivity index (χ4v) is 3.12. The molecule has 0 saturated carbocycles. The van der Waals surface area contributed by atoms with Crippen molar-refractivity contribution in [1.29, 1.82) is 0 Å². The monoisotopic (exact) mass is 300 g/mol. The van der Waals surface area contributed by atoms with E-state index >= 15 is 0 Å². The predicted octanol–water partition coefficient (Wildman–Crippen LogP) is 2.67. The number of carbonyl (C=O) groups excluding carboxylic acids is 1. The average molecular weight is 301 g/mol. The lowest BCUT2D eigenvalue weighted by Gasteiger charge is -2.13. The van der Waals surface area contributed by atoms with Crippen LogP contribution in [0.25, 0.3) is 0 Å². The molecule has 0 spiro atoms. The fraction of sp³-hybridized carbons (Fsp3) is 0.333. The molecule has 1 aliphatic heterocycles. The number of aromatic carboxylic acids is 1. The van der Waals surface area contributed by atoms with Crippen molar-refractivity contribution in [2.75, 3.05) is 16.8 Å². The van der Waals surface area contributed by atoms with Crippen molar-refractivity contribution < 1.29 is 14.7 Å². The Labute approximate surface area is 119 Å². The second-order valence-electron chi connectivity index (χ2n) is 4.15. The quantitative estimate of drug-likeness (QED) is 0.802. The first-order chi connectivity index (χ1) is 9.06. The van der Waals surface area contributed by atoms with Crippen LogP contribution in [0.15, 0.2) is 18.2 Å². The zero-order valence-electron chi connectivity index (χ0n) is 9.98. The molecule has 0 aliphatic carbocycles. The SMILES string of the molecule is O=C(Nc1cc(Cl)ccc1C(=O)O)NC1CCSC1. The van der Waals surface area contributed by atoms with Crippen LogP contribution in [0.2, 0.25) is 5.02 Å². The van der Waals surface area contributed by atoms with Gasteiger partial charge >= 0.3 is 12.0 Å². The van der Waals surface area contributed by atoms with Crippen molar-refractivity contribution in [2.45, 2.75) is 12.5 Å². The number of rotatable bonds is 3. The standard InChI is InChI=1S/C12H13ClN2O3S/c13-7-1-2-9(11(16)17)10(5-7)15-12(18)14-8-3-4-19-6-8/h1-2,5,8H,3-4,6H2,(H,16,17)(H2,14,15,18). The normalized spacial score (nSPS) is 18.1. The molecule has 1 aliphatic rings. The van der Waals surface area contributed by atoms with E-state index in [1.807, 2.05) is 0 Å². The lowest BCUT2D eigenvalue weighted by Crippen LogP contribution is -2.38. The Morgan fingerprint density at radius 2 is 2.21 bits per heavy atom. The highest BCUT2D eigenvalue weighted by molar-refractivity contribution is 7.99. The number of benzene rings is 1. The Hall–Kier alpha value is -1.40. The number of carboxylic acid groups (broad SMARTS) is 1. The van der Waals surface area contributed by atoms with Gasteiger partial charge in [-0.25, -0.2) is 9.59 Å². The maximum atomic E-state index is 11.8. The van der Waals surface area contributed by atoms with Crippen molar-refractivity contribution in [1.82, 2.24) is 5.32 Å². The number of anilines is 1. The van der Waals surface area contributed by atoms with Crippen LogP contribution >= 0.6 is 23.4 Å². The maximum Gasteiger partial charge on any atom is 0.337 e. The molecule has 1 saturated heterocycles. The van der Waals surface area contributed by atoms with Gasteiger partial charge in [0, 0.05) is 16.8 Å². The highest BCUT2D eigenvalue weighted by atomic mass is 35.5. The number of nitrogens with one attached hydrogen (secondary N) is 2. The molecular weight excluding hydrogens is 288 g/mol. The molecule has 0 aromatic heterocycles. The predicted molar refractivity (Wildman–Crippen MR) is 76.3 cm³/mol. The van der Waals surface area contributed by atoms with E-state index < -0.39 is 12.0 Å². The first-order valence-corrected chi connectivity index (χ1v) is 7.27. The summed E-state index contributed by atoms with van der Waals surface area (Å²) in [7, 11) is 0. The molecule has 1 heterocycles. The van der Waals surface area contributed by atoms with Gasteiger partial charge in [0.25, 0.3) is 0 Å². The van der Waals surface area contributed by atoms with Gasteiger partial charge in [0.15, 0.2) is 0 Å². The Morgan fingerprint density at radius 3 is 2.84 bits per heavy atom. The van der Waals surface area contributed by atoms with Crippen LogP contribution in [-0.4, -0.2) is 34.7 Å². The van der Waals surface area contributed by atoms with Crippen LogP contribution in [-0.2, 0) is 0 Å². The Balaban J connectivity index is 2.06. The molecule has 102 valence electrons. The molecule has 0 bridgehead atoms. The van der Waals surface area contributed by atoms with Gasteiger partial charge < -0.3 is 15.7 Å². The smallest absolute Gasteiger partial charge is 0.337 e. The molecule has 3 N–H and O–H groups in total. The Kier molecular flexibility index (Phi) is 4.55. The number of carboxylic acids is 1. The van der Waals surface area contributed by atoms with E-state index in [4.69, 9.17) is 16.7 Å². The van der Waals surface area contributed by atoms with E-state index in [-0.39, 0.29) is 17.3 Å². The van der Waals surface area contributed by atoms with Crippen LogP contribution in [0.5, 0.6) is 0 Å². The van der Waals surface area contributed by atoms with Gasteiger partial charge in [-0.05, 0) is 30.4 Å². The van der Waals surface area contributed by atoms with E-state index in [0.29, 0.717) is 5.02 Å². The van der Waals surface area contributed by atoms with Crippen LogP contribution < -0.4 is 10.6 Å². The summed E-state index contributed by atoms with van der Waals surface area (Å²) in [5, 5.41) is 14.7. The Bertz CT molecular complexity index is 504. The highest BCUT2D eigenvalue weighted by Gasteiger charge is 2.19. The lowest BCUT2D eigenvalue weighted by molar-refractivity contribution is 0.0698. The van der Waals surface area contributed by atoms with Crippen molar-refractivity contribution in [3.8, 4) is 0 Å². The number of hydrogen-bond acceptors (Lipinski definition) is 3. The average Bonchev–Trinajstić information content (AvgIpc) is 2.81. The minimum atomic E-state index is -1.11. The van der Waals surface area contributed by atoms with E-state index in [0.717, 1.165) is 17.9 Å². The van der Waals surface area contributed by atoms with Gasteiger partial charge in [-0.15, -0.1) is 0 Å². The number of amides is 2. The summed E-state index contributed by atoms with van der Waals surface area (Å²) >= 11 is 7.59. The lowest BCUT2D eigenvalue weighted by atomic mass is 10.2. The highest BCUT2D eigenvalue weighted by Crippen LogP contribution is 2.22. The molecule has 0 radical (unpaired) electrons. The number of thioether (sulfide) groups is 1. The molecule has 1 aromatic rings. The topological polar surface area (TPSA) is 78.4 Å². The summed E-state index contributed by atoms with van der Waals surface area (Å²) in [5.74, 6) is 0.806. The molecular formula is C12H13ClN2O3S. The molecule has 2 amide bonds. The first-order valence-electron chi connectivity index (χ1n) is 5.74. The van der Waals surface area contributed by atoms with Crippen molar-refractivity contribution in [3.63, 3.8) is 0 Å². The molecule has 2 rings (SSSR count). The number of urea groups is 1. The first kappa shape index (κ1) is 14.0. The van der Waals surface area contributed by atoms with Crippen molar-refractivity contribution >= 4 is 41.1 Å². The number of carbonyl (C=O) groups is 2. The third-order valence-electron chi connectivity index (χ3n) is 2.73. The molecule has 7 heteroatoms. The summed E-state index contributed by atoms with van der Waals surface area (Å²) in [6, 6.07) is 4.00. The Morgan fingerprint density at radius 1 is 1.42 bits per heavy atom. The summed E-state index contributed by atoms with van der Waals surface area (Å²) in [4.78, 5) is 22.8. The van der Waals surface area contributed by atoms with Crippen LogP contribution in [0.1, 0.15) is 16.8 Å². The summed E-state index contributed by atoms with van der Waals surface area (Å²) in [5.41, 5.74) is 0.212. The number of hydrogen-bond donors (Lipinski definition) is 3. The third-order valence-corrected chi connectivity index (χ3v) is 4.12. The molecule has 1 atom stereocenters. The van der Waals surface area contributed by atoms with E-state index in [2.05, 4.69) is 10.6 Å². The largest absolute Gasteiger partial charge is 0.478 e. The molecule has 19 heavy (non-hydrogen) atoms. The minimum absolute atomic E-state index is 0.0142. The molecule has 5 nitrogen and oxygen atoms in total. The fourth-order valence-electron chi connectivity index (χ4n) is 1.80. The van der Waals surface area contributed by atoms with E-state index in [1.54, 1.807) is 11.8 Å². The van der Waals surface area contributed by atoms with Crippen LogP contribution in [0, 0.1) is 0 Å². The zero-order valence-corrected chi connectivity index (χ0v) is 11.6. The van der Waals surface area contributed by atoms with Gasteiger partial charge in [0.1, 0.15) is 0 Å². The minimum Gasteiger partial charge on any atom is -0.478 e. The summed E-state index contributed by atoms with van der Waals surface area (Å²) in [6.07, 6.45) is 0.930. The third kappa shape index (κ3) is 3.78. The van der Waals surface area contributed by atoms with Crippen LogP contribution in [0.4, 0.5) is 10.5 Å². The van der Waals surface area contributed by atoms with Gasteiger partial charge in [0.05, 0.1) is 11.3 Å². The van der Waals surface area contributed by atoms with Crippen molar-refractivity contribution in [3.05, 3.63) is 28.8 Å². The van der Waals surface area contributed by atoms with Gasteiger partial charge in [-0.3, -0.25) is 0 Å². The summed E-state index contributed by atoms with van der Waals surface area (Å²) < 4.78 is 0. The van der Waals surface area contributed by atoms with Crippen molar-refractivity contribution in [2.24, 2.45) is 0 Å². The molecule has 1 unspecified atom stereocenters. The van der Waals surface area contributed by atoms with E-state index in [1.165, 1.54) is 18.2 Å². The zero-order chi connectivity index (χ0) is 13.8. The van der Waals surface area contributed by atoms with Crippen LogP contribution in [0.3, 0.4) is 0 Å².